The van der Waals surface area contributed by atoms with E-state index in [9.17, 15) is 0 Å². The predicted octanol–water partition coefficient (Wildman–Crippen LogP) is 1.02. The molecule has 0 aromatic heterocycles. The van der Waals surface area contributed by atoms with Crippen LogP contribution in [0.5, 0.6) is 0 Å². The van der Waals surface area contributed by atoms with Crippen molar-refractivity contribution in [2.45, 2.75) is 18.6 Å². The number of nitrogens with zero attached hydrogens (tertiary/aromatic N) is 1. The summed E-state index contributed by atoms with van der Waals surface area (Å²) in [6.07, 6.45) is 0. The summed E-state index contributed by atoms with van der Waals surface area (Å²) in [6.45, 7) is 6.26. The Morgan fingerprint density at radius 2 is 1.91 bits per heavy atom. The zero-order valence-electron chi connectivity index (χ0n) is 8.05. The summed E-state index contributed by atoms with van der Waals surface area (Å²) >= 11 is 1.94. The Labute approximate surface area is 74.5 Å². The molecule has 0 bridgehead atoms. The summed E-state index contributed by atoms with van der Waals surface area (Å²) in [5.74, 6) is 1.16. The lowest BCUT2D eigenvalue weighted by molar-refractivity contribution is 0.437. The van der Waals surface area contributed by atoms with Crippen LogP contribution >= 0.6 is 11.8 Å². The molecule has 0 aromatic carbocycles. The molecule has 0 spiro atoms. The molecule has 0 aromatic rings. The molecule has 68 valence electrons. The van der Waals surface area contributed by atoms with Crippen molar-refractivity contribution < 1.29 is 0 Å². The first-order valence-electron chi connectivity index (χ1n) is 3.97. The zero-order chi connectivity index (χ0) is 8.91. The van der Waals surface area contributed by atoms with E-state index in [1.54, 1.807) is 0 Å². The van der Waals surface area contributed by atoms with Crippen molar-refractivity contribution in [1.82, 2.24) is 4.90 Å². The molecule has 0 heterocycles. The van der Waals surface area contributed by atoms with Gasteiger partial charge in [0.25, 0.3) is 0 Å². The highest BCUT2D eigenvalue weighted by Gasteiger charge is 2.14. The van der Waals surface area contributed by atoms with Gasteiger partial charge in [0.2, 0.25) is 0 Å². The molecule has 0 amide bonds. The standard InChI is InChI=1S/C8H20N2S/c1-8(2,7-9)11-6-5-10(3)4/h5-7,9H2,1-4H3. The van der Waals surface area contributed by atoms with Crippen LogP contribution in [0.3, 0.4) is 0 Å². The molecule has 11 heavy (non-hydrogen) atoms. The Hall–Kier alpha value is 0.270. The summed E-state index contributed by atoms with van der Waals surface area (Å²) < 4.78 is 0.246. The van der Waals surface area contributed by atoms with E-state index in [0.29, 0.717) is 0 Å². The molecule has 0 rings (SSSR count). The van der Waals surface area contributed by atoms with Gasteiger partial charge in [-0.05, 0) is 27.9 Å². The van der Waals surface area contributed by atoms with Gasteiger partial charge in [-0.3, -0.25) is 0 Å². The first-order valence-corrected chi connectivity index (χ1v) is 4.95. The SMILES string of the molecule is CN(C)CCSC(C)(C)CN. The maximum Gasteiger partial charge on any atom is 0.0226 e. The third kappa shape index (κ3) is 6.66. The van der Waals surface area contributed by atoms with Crippen molar-refractivity contribution in [3.63, 3.8) is 0 Å². The summed E-state index contributed by atoms with van der Waals surface area (Å²) in [4.78, 5) is 2.19. The Morgan fingerprint density at radius 1 is 1.36 bits per heavy atom. The highest BCUT2D eigenvalue weighted by Crippen LogP contribution is 2.22. The minimum absolute atomic E-state index is 0.246. The molecule has 0 aliphatic rings. The lowest BCUT2D eigenvalue weighted by Crippen LogP contribution is -2.28. The van der Waals surface area contributed by atoms with E-state index in [0.717, 1.165) is 18.8 Å². The molecule has 0 atom stereocenters. The van der Waals surface area contributed by atoms with E-state index in [1.807, 2.05) is 11.8 Å². The van der Waals surface area contributed by atoms with Crippen LogP contribution in [0.4, 0.5) is 0 Å². The van der Waals surface area contributed by atoms with Gasteiger partial charge in [0.15, 0.2) is 0 Å². The van der Waals surface area contributed by atoms with Gasteiger partial charge in [0, 0.05) is 23.6 Å². The van der Waals surface area contributed by atoms with Gasteiger partial charge in [-0.25, -0.2) is 0 Å². The lowest BCUT2D eigenvalue weighted by Gasteiger charge is -2.22. The molecule has 2 N–H and O–H groups in total. The maximum atomic E-state index is 5.59. The molecule has 0 aliphatic heterocycles. The van der Waals surface area contributed by atoms with E-state index in [2.05, 4.69) is 32.8 Å². The molecular formula is C8H20N2S. The molecule has 0 radical (unpaired) electrons. The molecular weight excluding hydrogens is 156 g/mol. The van der Waals surface area contributed by atoms with Gasteiger partial charge in [0.05, 0.1) is 0 Å². The largest absolute Gasteiger partial charge is 0.329 e. The van der Waals surface area contributed by atoms with Crippen LogP contribution in [0.25, 0.3) is 0 Å². The molecule has 0 saturated heterocycles. The van der Waals surface area contributed by atoms with Crippen molar-refractivity contribution in [3.8, 4) is 0 Å². The summed E-state index contributed by atoms with van der Waals surface area (Å²) in [7, 11) is 4.19. The second-order valence-electron chi connectivity index (χ2n) is 3.62. The van der Waals surface area contributed by atoms with Crippen molar-refractivity contribution in [3.05, 3.63) is 0 Å². The van der Waals surface area contributed by atoms with Crippen LogP contribution in [0, 0.1) is 0 Å². The van der Waals surface area contributed by atoms with Crippen LogP contribution in [0.1, 0.15) is 13.8 Å². The fourth-order valence-electron chi connectivity index (χ4n) is 0.563. The van der Waals surface area contributed by atoms with Gasteiger partial charge in [-0.15, -0.1) is 0 Å². The minimum Gasteiger partial charge on any atom is -0.329 e. The Kier molecular flexibility index (Phi) is 5.13. The van der Waals surface area contributed by atoms with Crippen LogP contribution < -0.4 is 5.73 Å². The van der Waals surface area contributed by atoms with Crippen molar-refractivity contribution in [2.75, 3.05) is 32.9 Å². The normalized spacial score (nSPS) is 12.5. The summed E-state index contributed by atoms with van der Waals surface area (Å²) in [5, 5.41) is 0. The number of nitrogens with two attached hydrogens (primary N) is 1. The molecule has 3 heteroatoms. The first-order chi connectivity index (χ1) is 4.98. The molecule has 0 fully saturated rings. The third-order valence-corrected chi connectivity index (χ3v) is 2.86. The highest BCUT2D eigenvalue weighted by atomic mass is 32.2. The molecule has 0 unspecified atom stereocenters. The summed E-state index contributed by atoms with van der Waals surface area (Å²) in [6, 6.07) is 0. The fraction of sp³-hybridized carbons (Fsp3) is 1.00. The average molecular weight is 176 g/mol. The van der Waals surface area contributed by atoms with Crippen LogP contribution in [0.15, 0.2) is 0 Å². The van der Waals surface area contributed by atoms with Crippen molar-refractivity contribution >= 4 is 11.8 Å². The van der Waals surface area contributed by atoms with E-state index >= 15 is 0 Å². The van der Waals surface area contributed by atoms with Crippen LogP contribution in [0.2, 0.25) is 0 Å². The van der Waals surface area contributed by atoms with Crippen molar-refractivity contribution in [1.29, 1.82) is 0 Å². The van der Waals surface area contributed by atoms with Gasteiger partial charge < -0.3 is 10.6 Å². The number of hydrogen-bond donors (Lipinski definition) is 1. The number of thioether (sulfide) groups is 1. The number of rotatable bonds is 5. The van der Waals surface area contributed by atoms with E-state index < -0.39 is 0 Å². The highest BCUT2D eigenvalue weighted by molar-refractivity contribution is 8.00. The monoisotopic (exact) mass is 176 g/mol. The fourth-order valence-corrected chi connectivity index (χ4v) is 1.69. The maximum absolute atomic E-state index is 5.59. The Balaban J connectivity index is 3.38. The van der Waals surface area contributed by atoms with Gasteiger partial charge >= 0.3 is 0 Å². The van der Waals surface area contributed by atoms with Gasteiger partial charge in [0.1, 0.15) is 0 Å². The molecule has 0 saturated carbocycles. The first kappa shape index (κ1) is 11.3. The second kappa shape index (κ2) is 5.01. The van der Waals surface area contributed by atoms with E-state index in [4.69, 9.17) is 5.73 Å². The molecule has 0 aliphatic carbocycles. The van der Waals surface area contributed by atoms with E-state index in [1.165, 1.54) is 0 Å². The van der Waals surface area contributed by atoms with Crippen molar-refractivity contribution in [2.24, 2.45) is 5.73 Å². The van der Waals surface area contributed by atoms with Crippen LogP contribution in [-0.4, -0.2) is 42.6 Å². The van der Waals surface area contributed by atoms with Crippen LogP contribution in [-0.2, 0) is 0 Å². The average Bonchev–Trinajstić information content (AvgIpc) is 1.87. The molecule has 2 nitrogen and oxygen atoms in total. The van der Waals surface area contributed by atoms with Gasteiger partial charge in [-0.1, -0.05) is 0 Å². The topological polar surface area (TPSA) is 29.3 Å². The smallest absolute Gasteiger partial charge is 0.0226 e. The second-order valence-corrected chi connectivity index (χ2v) is 5.42. The minimum atomic E-state index is 0.246. The zero-order valence-corrected chi connectivity index (χ0v) is 8.87. The Morgan fingerprint density at radius 3 is 2.27 bits per heavy atom. The quantitative estimate of drug-likeness (QED) is 0.678. The number of hydrogen-bond acceptors (Lipinski definition) is 3. The summed E-state index contributed by atoms with van der Waals surface area (Å²) in [5.41, 5.74) is 5.59. The predicted molar refractivity (Wildman–Crippen MR) is 54.1 cm³/mol. The van der Waals surface area contributed by atoms with Gasteiger partial charge in [-0.2, -0.15) is 11.8 Å². The van der Waals surface area contributed by atoms with E-state index in [-0.39, 0.29) is 4.75 Å². The Bertz CT molecular complexity index is 102. The lowest BCUT2D eigenvalue weighted by atomic mass is 10.2. The third-order valence-electron chi connectivity index (χ3n) is 1.52.